The summed E-state index contributed by atoms with van der Waals surface area (Å²) in [5, 5.41) is 20.1. The number of amides is 1. The molecule has 7 heteroatoms. The van der Waals surface area contributed by atoms with Crippen molar-refractivity contribution in [3.8, 4) is 0 Å². The zero-order valence-corrected chi connectivity index (χ0v) is 18.1. The van der Waals surface area contributed by atoms with Crippen LogP contribution < -0.4 is 5.32 Å². The Labute approximate surface area is 191 Å². The molecule has 0 spiro atoms. The minimum absolute atomic E-state index is 0.209. The predicted octanol–water partition coefficient (Wildman–Crippen LogP) is 4.59. The summed E-state index contributed by atoms with van der Waals surface area (Å²) in [5.74, 6) is -0.637. The summed E-state index contributed by atoms with van der Waals surface area (Å²) in [6, 6.07) is 21.7. The van der Waals surface area contributed by atoms with Gasteiger partial charge in [0.2, 0.25) is 0 Å². The summed E-state index contributed by atoms with van der Waals surface area (Å²) >= 11 is 0. The first-order valence-corrected chi connectivity index (χ1v) is 11.0. The first-order chi connectivity index (χ1) is 16.0. The van der Waals surface area contributed by atoms with Crippen molar-refractivity contribution in [3.63, 3.8) is 0 Å². The Morgan fingerprint density at radius 3 is 2.55 bits per heavy atom. The molecule has 0 aliphatic carbocycles. The molecule has 33 heavy (non-hydrogen) atoms. The number of hydrogen-bond donors (Lipinski definition) is 2. The van der Waals surface area contributed by atoms with Gasteiger partial charge in [0, 0.05) is 35.4 Å². The van der Waals surface area contributed by atoms with Crippen LogP contribution in [0.1, 0.15) is 23.2 Å². The lowest BCUT2D eigenvalue weighted by atomic mass is 9.91. The van der Waals surface area contributed by atoms with Crippen molar-refractivity contribution in [3.05, 3.63) is 90.4 Å². The fourth-order valence-electron chi connectivity index (χ4n) is 4.35. The summed E-state index contributed by atoms with van der Waals surface area (Å²) in [4.78, 5) is 14.3. The van der Waals surface area contributed by atoms with E-state index in [-0.39, 0.29) is 5.91 Å². The number of aromatic nitrogens is 2. The van der Waals surface area contributed by atoms with E-state index in [2.05, 4.69) is 10.4 Å². The van der Waals surface area contributed by atoms with Gasteiger partial charge in [-0.25, -0.2) is 4.39 Å². The number of anilines is 2. The molecule has 3 aromatic carbocycles. The second-order valence-electron chi connectivity index (χ2n) is 8.59. The van der Waals surface area contributed by atoms with Crippen LogP contribution in [0, 0.1) is 5.82 Å². The number of fused-ring (bicyclic) bond motifs is 1. The molecule has 6 nitrogen and oxygen atoms in total. The molecule has 0 unspecified atom stereocenters. The van der Waals surface area contributed by atoms with Crippen molar-refractivity contribution >= 4 is 28.2 Å². The number of halogens is 1. The first-order valence-electron chi connectivity index (χ1n) is 11.0. The summed E-state index contributed by atoms with van der Waals surface area (Å²) < 4.78 is 15.3. The molecule has 0 bridgehead atoms. The number of nitrogens with one attached hydrogen (secondary N) is 1. The smallest absolute Gasteiger partial charge is 0.253 e. The molecule has 2 heterocycles. The van der Waals surface area contributed by atoms with Gasteiger partial charge in [0.15, 0.2) is 0 Å². The Morgan fingerprint density at radius 2 is 1.79 bits per heavy atom. The standard InChI is InChI=1S/C26H25FN4O2/c27-21-6-4-5-19(15-21)25(32)30-13-11-26(33,12-14-30)18-31-24-10-9-23(16-20(24)17-28-31)29-22-7-2-1-3-8-22/h1-10,15-17,29,33H,11-14,18H2. The number of likely N-dealkylation sites (tertiary alicyclic amines) is 1. The topological polar surface area (TPSA) is 70.4 Å². The number of aliphatic hydroxyl groups is 1. The van der Waals surface area contributed by atoms with E-state index in [4.69, 9.17) is 0 Å². The van der Waals surface area contributed by atoms with Crippen LogP contribution in [0.3, 0.4) is 0 Å². The van der Waals surface area contributed by atoms with Crippen LogP contribution in [-0.2, 0) is 6.54 Å². The van der Waals surface area contributed by atoms with Crippen LogP contribution in [0.25, 0.3) is 10.9 Å². The van der Waals surface area contributed by atoms with Crippen LogP contribution in [0.2, 0.25) is 0 Å². The summed E-state index contributed by atoms with van der Waals surface area (Å²) in [5.41, 5.74) is 2.30. The van der Waals surface area contributed by atoms with Crippen LogP contribution in [0.4, 0.5) is 15.8 Å². The van der Waals surface area contributed by atoms with Gasteiger partial charge in [0.25, 0.3) is 5.91 Å². The summed E-state index contributed by atoms with van der Waals surface area (Å²) in [6.45, 7) is 1.18. The molecule has 0 atom stereocenters. The van der Waals surface area contributed by atoms with Gasteiger partial charge in [-0.15, -0.1) is 0 Å². The molecule has 2 N–H and O–H groups in total. The number of para-hydroxylation sites is 1. The molecule has 1 fully saturated rings. The number of rotatable bonds is 5. The van der Waals surface area contributed by atoms with Gasteiger partial charge in [0.1, 0.15) is 5.82 Å². The zero-order chi connectivity index (χ0) is 22.8. The second kappa shape index (κ2) is 8.67. The molecule has 1 aliphatic rings. The lowest BCUT2D eigenvalue weighted by molar-refractivity contribution is -0.0306. The largest absolute Gasteiger partial charge is 0.388 e. The molecular formula is C26H25FN4O2. The Morgan fingerprint density at radius 1 is 1.00 bits per heavy atom. The molecule has 0 radical (unpaired) electrons. The van der Waals surface area contributed by atoms with E-state index in [0.29, 0.717) is 38.0 Å². The first kappa shape index (κ1) is 21.2. The number of nitrogens with zero attached hydrogens (tertiary/aromatic N) is 3. The number of piperidine rings is 1. The maximum absolute atomic E-state index is 13.5. The van der Waals surface area contributed by atoms with E-state index in [0.717, 1.165) is 22.3 Å². The van der Waals surface area contributed by atoms with Crippen LogP contribution in [0.15, 0.2) is 79.0 Å². The van der Waals surface area contributed by atoms with E-state index in [1.165, 1.54) is 18.2 Å². The highest BCUT2D eigenvalue weighted by Gasteiger charge is 2.35. The molecule has 1 saturated heterocycles. The Hall–Kier alpha value is -3.71. The SMILES string of the molecule is O=C(c1cccc(F)c1)N1CCC(O)(Cn2ncc3cc(Nc4ccccc4)ccc32)CC1. The Balaban J connectivity index is 1.25. The van der Waals surface area contributed by atoms with Gasteiger partial charge >= 0.3 is 0 Å². The third-order valence-corrected chi connectivity index (χ3v) is 6.20. The third-order valence-electron chi connectivity index (χ3n) is 6.20. The maximum Gasteiger partial charge on any atom is 0.253 e. The lowest BCUT2D eigenvalue weighted by Gasteiger charge is -2.38. The van der Waals surface area contributed by atoms with Crippen LogP contribution in [-0.4, -0.2) is 44.4 Å². The van der Waals surface area contributed by atoms with Crippen molar-refractivity contribution < 1.29 is 14.3 Å². The minimum Gasteiger partial charge on any atom is -0.388 e. The van der Waals surface area contributed by atoms with E-state index in [1.807, 2.05) is 53.2 Å². The predicted molar refractivity (Wildman–Crippen MR) is 126 cm³/mol. The molecule has 1 amide bonds. The van der Waals surface area contributed by atoms with Gasteiger partial charge in [-0.05, 0) is 61.4 Å². The van der Waals surface area contributed by atoms with Crippen LogP contribution >= 0.6 is 0 Å². The molecule has 168 valence electrons. The van der Waals surface area contributed by atoms with Crippen molar-refractivity contribution in [1.82, 2.24) is 14.7 Å². The number of carbonyl (C=O) groups is 1. The molecular weight excluding hydrogens is 419 g/mol. The number of hydrogen-bond acceptors (Lipinski definition) is 4. The fourth-order valence-corrected chi connectivity index (χ4v) is 4.35. The van der Waals surface area contributed by atoms with Gasteiger partial charge in [-0.3, -0.25) is 9.48 Å². The number of carbonyl (C=O) groups excluding carboxylic acids is 1. The molecule has 1 aliphatic heterocycles. The third kappa shape index (κ3) is 4.59. The monoisotopic (exact) mass is 444 g/mol. The highest BCUT2D eigenvalue weighted by molar-refractivity contribution is 5.94. The Kier molecular flexibility index (Phi) is 5.56. The zero-order valence-electron chi connectivity index (χ0n) is 18.1. The fraction of sp³-hybridized carbons (Fsp3) is 0.231. The Bertz CT molecular complexity index is 1280. The van der Waals surface area contributed by atoms with E-state index < -0.39 is 11.4 Å². The highest BCUT2D eigenvalue weighted by atomic mass is 19.1. The van der Waals surface area contributed by atoms with E-state index in [9.17, 15) is 14.3 Å². The summed E-state index contributed by atoms with van der Waals surface area (Å²) in [7, 11) is 0. The van der Waals surface area contributed by atoms with E-state index in [1.54, 1.807) is 17.2 Å². The average molecular weight is 445 g/mol. The van der Waals surface area contributed by atoms with Crippen molar-refractivity contribution in [2.45, 2.75) is 25.0 Å². The molecule has 1 aromatic heterocycles. The number of benzene rings is 3. The van der Waals surface area contributed by atoms with Gasteiger partial charge in [-0.1, -0.05) is 24.3 Å². The van der Waals surface area contributed by atoms with E-state index >= 15 is 0 Å². The maximum atomic E-state index is 13.5. The van der Waals surface area contributed by atoms with Crippen LogP contribution in [0.5, 0.6) is 0 Å². The quantitative estimate of drug-likeness (QED) is 0.473. The minimum atomic E-state index is -0.960. The second-order valence-corrected chi connectivity index (χ2v) is 8.59. The normalized spacial score (nSPS) is 15.5. The van der Waals surface area contributed by atoms with Gasteiger partial charge in [0.05, 0.1) is 23.9 Å². The van der Waals surface area contributed by atoms with Crippen molar-refractivity contribution in [2.24, 2.45) is 0 Å². The summed E-state index contributed by atoms with van der Waals surface area (Å²) in [6.07, 6.45) is 2.67. The molecule has 4 aromatic rings. The van der Waals surface area contributed by atoms with Crippen molar-refractivity contribution in [1.29, 1.82) is 0 Å². The van der Waals surface area contributed by atoms with Gasteiger partial charge < -0.3 is 15.3 Å². The average Bonchev–Trinajstić information content (AvgIpc) is 3.21. The lowest BCUT2D eigenvalue weighted by Crippen LogP contribution is -2.48. The molecule has 5 rings (SSSR count). The molecule has 0 saturated carbocycles. The highest BCUT2D eigenvalue weighted by Crippen LogP contribution is 2.28. The van der Waals surface area contributed by atoms with Crippen molar-refractivity contribution in [2.75, 3.05) is 18.4 Å². The van der Waals surface area contributed by atoms with Gasteiger partial charge in [-0.2, -0.15) is 5.10 Å².